The van der Waals surface area contributed by atoms with Crippen molar-refractivity contribution in [1.82, 2.24) is 9.59 Å². The molecular weight excluding hydrogens is 294 g/mol. The van der Waals surface area contributed by atoms with Gasteiger partial charge in [0.2, 0.25) is 5.69 Å². The molecule has 2 rings (SSSR count). The van der Waals surface area contributed by atoms with Gasteiger partial charge in [-0.05, 0) is 18.6 Å². The van der Waals surface area contributed by atoms with Crippen LogP contribution in [0.15, 0.2) is 30.3 Å². The zero-order chi connectivity index (χ0) is 15.1. The molecule has 2 aromatic rings. The molecule has 7 nitrogen and oxygen atoms in total. The van der Waals surface area contributed by atoms with E-state index in [0.717, 1.165) is 11.5 Å². The number of nitrogens with one attached hydrogen (secondary N) is 1. The average Bonchev–Trinajstić information content (AvgIpc) is 2.93. The number of hydrogen-bond acceptors (Lipinski definition) is 7. The molecule has 0 atom stereocenters. The van der Waals surface area contributed by atoms with Crippen molar-refractivity contribution in [2.75, 3.05) is 11.9 Å². The van der Waals surface area contributed by atoms with Crippen molar-refractivity contribution in [3.05, 3.63) is 36.0 Å². The van der Waals surface area contributed by atoms with Gasteiger partial charge in [0, 0.05) is 11.5 Å². The first-order chi connectivity index (χ1) is 10.2. The Bertz CT molecular complexity index is 615. The number of carbonyl (C=O) groups excluding carboxylic acids is 2. The van der Waals surface area contributed by atoms with Crippen LogP contribution in [-0.4, -0.2) is 28.3 Å². The normalized spacial score (nSPS) is 9.95. The minimum absolute atomic E-state index is 0.0292. The van der Waals surface area contributed by atoms with Crippen LogP contribution in [0.1, 0.15) is 23.8 Å². The molecule has 0 radical (unpaired) electrons. The SMILES string of the molecule is CCCOC(=O)c1nnsc1NC(=O)Oc1ccccc1. The van der Waals surface area contributed by atoms with Crippen LogP contribution < -0.4 is 10.1 Å². The van der Waals surface area contributed by atoms with E-state index in [1.807, 2.05) is 6.92 Å². The van der Waals surface area contributed by atoms with Crippen LogP contribution >= 0.6 is 11.5 Å². The van der Waals surface area contributed by atoms with E-state index in [4.69, 9.17) is 9.47 Å². The van der Waals surface area contributed by atoms with Gasteiger partial charge in [0.25, 0.3) is 0 Å². The van der Waals surface area contributed by atoms with Crippen LogP contribution in [0.4, 0.5) is 9.80 Å². The number of nitrogens with zero attached hydrogens (tertiary/aromatic N) is 2. The fourth-order valence-electron chi connectivity index (χ4n) is 1.38. The molecule has 1 heterocycles. The van der Waals surface area contributed by atoms with Gasteiger partial charge in [-0.1, -0.05) is 29.6 Å². The number of esters is 1. The van der Waals surface area contributed by atoms with Gasteiger partial charge < -0.3 is 9.47 Å². The number of hydrogen-bond donors (Lipinski definition) is 1. The molecule has 0 saturated heterocycles. The van der Waals surface area contributed by atoms with Crippen molar-refractivity contribution in [2.24, 2.45) is 0 Å². The van der Waals surface area contributed by atoms with Crippen molar-refractivity contribution in [2.45, 2.75) is 13.3 Å². The van der Waals surface area contributed by atoms with Crippen molar-refractivity contribution in [3.63, 3.8) is 0 Å². The molecule has 0 aliphatic heterocycles. The predicted octanol–water partition coefficient (Wildman–Crippen LogP) is 2.72. The summed E-state index contributed by atoms with van der Waals surface area (Å²) in [7, 11) is 0. The Morgan fingerprint density at radius 2 is 2.05 bits per heavy atom. The van der Waals surface area contributed by atoms with Gasteiger partial charge in [-0.3, -0.25) is 5.32 Å². The highest BCUT2D eigenvalue weighted by atomic mass is 32.1. The lowest BCUT2D eigenvalue weighted by Gasteiger charge is -2.05. The standard InChI is InChI=1S/C13H13N3O4S/c1-2-8-19-12(17)10-11(21-16-15-10)14-13(18)20-9-6-4-3-5-7-9/h3-7H,2,8H2,1H3,(H,14,18). The Hall–Kier alpha value is -2.48. The largest absolute Gasteiger partial charge is 0.461 e. The number of rotatable bonds is 5. The van der Waals surface area contributed by atoms with Crippen molar-refractivity contribution in [1.29, 1.82) is 0 Å². The Kier molecular flexibility index (Phi) is 5.22. The van der Waals surface area contributed by atoms with Crippen molar-refractivity contribution in [3.8, 4) is 5.75 Å². The molecule has 0 saturated carbocycles. The molecule has 1 aromatic carbocycles. The number of ether oxygens (including phenoxy) is 2. The van der Waals surface area contributed by atoms with Gasteiger partial charge in [-0.15, -0.1) is 5.10 Å². The maximum atomic E-state index is 11.7. The van der Waals surface area contributed by atoms with E-state index in [2.05, 4.69) is 14.9 Å². The molecule has 1 aromatic heterocycles. The lowest BCUT2D eigenvalue weighted by Crippen LogP contribution is -2.18. The van der Waals surface area contributed by atoms with Crippen LogP contribution in [-0.2, 0) is 4.74 Å². The Balaban J connectivity index is 1.98. The number of benzene rings is 1. The first-order valence-electron chi connectivity index (χ1n) is 6.24. The van der Waals surface area contributed by atoms with Crippen LogP contribution in [0, 0.1) is 0 Å². The van der Waals surface area contributed by atoms with Gasteiger partial charge in [-0.2, -0.15) is 0 Å². The minimum atomic E-state index is -0.725. The van der Waals surface area contributed by atoms with Crippen LogP contribution in [0.2, 0.25) is 0 Å². The summed E-state index contributed by atoms with van der Waals surface area (Å²) >= 11 is 0.876. The third kappa shape index (κ3) is 4.25. The van der Waals surface area contributed by atoms with Gasteiger partial charge in [0.05, 0.1) is 6.61 Å². The van der Waals surface area contributed by atoms with Crippen molar-refractivity contribution < 1.29 is 19.1 Å². The molecule has 21 heavy (non-hydrogen) atoms. The number of amides is 1. The summed E-state index contributed by atoms with van der Waals surface area (Å²) in [5, 5.41) is 6.27. The highest BCUT2D eigenvalue weighted by molar-refractivity contribution is 7.10. The summed E-state index contributed by atoms with van der Waals surface area (Å²) in [6.45, 7) is 2.16. The quantitative estimate of drug-likeness (QED) is 0.854. The smallest absolute Gasteiger partial charge is 0.417 e. The van der Waals surface area contributed by atoms with Crippen LogP contribution in [0.3, 0.4) is 0 Å². The maximum absolute atomic E-state index is 11.7. The zero-order valence-corrected chi connectivity index (χ0v) is 12.1. The summed E-state index contributed by atoms with van der Waals surface area (Å²) in [6, 6.07) is 8.57. The predicted molar refractivity (Wildman–Crippen MR) is 76.6 cm³/mol. The first kappa shape index (κ1) is 14.9. The summed E-state index contributed by atoms with van der Waals surface area (Å²) in [6.07, 6.45) is -0.0286. The summed E-state index contributed by atoms with van der Waals surface area (Å²) in [5.74, 6) is -0.233. The van der Waals surface area contributed by atoms with E-state index in [1.165, 1.54) is 0 Å². The van der Waals surface area contributed by atoms with E-state index < -0.39 is 12.1 Å². The second kappa shape index (κ2) is 7.34. The molecule has 0 aliphatic rings. The first-order valence-corrected chi connectivity index (χ1v) is 7.01. The second-order valence-corrected chi connectivity index (χ2v) is 4.67. The lowest BCUT2D eigenvalue weighted by molar-refractivity contribution is 0.0499. The van der Waals surface area contributed by atoms with E-state index in [0.29, 0.717) is 12.2 Å². The van der Waals surface area contributed by atoms with Gasteiger partial charge >= 0.3 is 12.1 Å². The van der Waals surface area contributed by atoms with Gasteiger partial charge in [0.15, 0.2) is 5.00 Å². The Morgan fingerprint density at radius 1 is 1.29 bits per heavy atom. The molecular formula is C13H13N3O4S. The number of aromatic nitrogens is 2. The maximum Gasteiger partial charge on any atom is 0.417 e. The van der Waals surface area contributed by atoms with E-state index >= 15 is 0 Å². The molecule has 0 fully saturated rings. The van der Waals surface area contributed by atoms with Crippen LogP contribution in [0.5, 0.6) is 5.75 Å². The number of para-hydroxylation sites is 1. The fourth-order valence-corrected chi connectivity index (χ4v) is 1.93. The van der Waals surface area contributed by atoms with E-state index in [9.17, 15) is 9.59 Å². The lowest BCUT2D eigenvalue weighted by atomic mass is 10.3. The van der Waals surface area contributed by atoms with Crippen LogP contribution in [0.25, 0.3) is 0 Å². The highest BCUT2D eigenvalue weighted by Gasteiger charge is 2.20. The third-order valence-electron chi connectivity index (χ3n) is 2.29. The number of carbonyl (C=O) groups is 2. The topological polar surface area (TPSA) is 90.4 Å². The summed E-state index contributed by atoms with van der Waals surface area (Å²) < 4.78 is 13.6. The summed E-state index contributed by atoms with van der Waals surface area (Å²) in [4.78, 5) is 23.4. The fraction of sp³-hybridized carbons (Fsp3) is 0.231. The molecule has 1 N–H and O–H groups in total. The third-order valence-corrected chi connectivity index (χ3v) is 2.93. The minimum Gasteiger partial charge on any atom is -0.461 e. The van der Waals surface area contributed by atoms with Crippen molar-refractivity contribution >= 4 is 28.6 Å². The zero-order valence-electron chi connectivity index (χ0n) is 11.2. The highest BCUT2D eigenvalue weighted by Crippen LogP contribution is 2.19. The molecule has 0 aliphatic carbocycles. The monoisotopic (exact) mass is 307 g/mol. The van der Waals surface area contributed by atoms with Gasteiger partial charge in [-0.25, -0.2) is 9.59 Å². The van der Waals surface area contributed by atoms with E-state index in [-0.39, 0.29) is 17.3 Å². The van der Waals surface area contributed by atoms with E-state index in [1.54, 1.807) is 30.3 Å². The average molecular weight is 307 g/mol. The summed E-state index contributed by atoms with van der Waals surface area (Å²) in [5.41, 5.74) is -0.0292. The molecule has 110 valence electrons. The Labute approximate surface area is 125 Å². The second-order valence-electron chi connectivity index (χ2n) is 3.91. The molecule has 0 spiro atoms. The molecule has 8 heteroatoms. The molecule has 0 bridgehead atoms. The Morgan fingerprint density at radius 3 is 2.76 bits per heavy atom. The molecule has 0 unspecified atom stereocenters. The van der Waals surface area contributed by atoms with Gasteiger partial charge in [0.1, 0.15) is 5.75 Å². The number of anilines is 1. The molecule has 1 amide bonds.